The van der Waals surface area contributed by atoms with Crippen LogP contribution in [-0.2, 0) is 10.9 Å². The third-order valence-corrected chi connectivity index (χ3v) is 4.72. The Morgan fingerprint density at radius 2 is 1.25 bits per heavy atom. The van der Waals surface area contributed by atoms with Crippen LogP contribution in [0, 0.1) is 0 Å². The van der Waals surface area contributed by atoms with E-state index >= 15 is 0 Å². The predicted octanol–water partition coefficient (Wildman–Crippen LogP) is 5.67. The Labute approximate surface area is 142 Å². The topological polar surface area (TPSA) is 0 Å². The standard InChI is InChI=1S/C18H17S.BF4/c1-19-13-17(15-8-4-2-5-9-15)12-18(14-19)16-10-6-3-7-11-16;2-1(3,4)5/h2-13H,14H2,1H3;/q+1;-1. The van der Waals surface area contributed by atoms with Gasteiger partial charge in [0.2, 0.25) is 0 Å². The third kappa shape index (κ3) is 6.28. The zero-order chi connectivity index (χ0) is 17.6. The first-order valence-electron chi connectivity index (χ1n) is 7.35. The highest BCUT2D eigenvalue weighted by atomic mass is 32.2. The van der Waals surface area contributed by atoms with Gasteiger partial charge in [0.25, 0.3) is 0 Å². The summed E-state index contributed by atoms with van der Waals surface area (Å²) in [5, 5.41) is 2.40. The fourth-order valence-corrected chi connectivity index (χ4v) is 3.83. The van der Waals surface area contributed by atoms with Gasteiger partial charge in [0.15, 0.2) is 0 Å². The number of allylic oxidation sites excluding steroid dienone is 2. The molecule has 6 heteroatoms. The maximum absolute atomic E-state index is 9.75. The van der Waals surface area contributed by atoms with Gasteiger partial charge in [-0.1, -0.05) is 60.7 Å². The second-order valence-electron chi connectivity index (χ2n) is 5.31. The molecule has 126 valence electrons. The van der Waals surface area contributed by atoms with Gasteiger partial charge in [-0.2, -0.15) is 0 Å². The molecule has 0 nitrogen and oxygen atoms in total. The Bertz CT molecular complexity index is 703. The molecule has 3 rings (SSSR count). The smallest absolute Gasteiger partial charge is 0.418 e. The van der Waals surface area contributed by atoms with E-state index in [4.69, 9.17) is 0 Å². The van der Waals surface area contributed by atoms with Gasteiger partial charge >= 0.3 is 7.25 Å². The van der Waals surface area contributed by atoms with Gasteiger partial charge in [-0.25, -0.2) is 0 Å². The minimum atomic E-state index is -6.00. The van der Waals surface area contributed by atoms with Gasteiger partial charge in [-0.3, -0.25) is 0 Å². The Morgan fingerprint density at radius 1 is 0.792 bits per heavy atom. The molecule has 2 aromatic carbocycles. The zero-order valence-corrected chi connectivity index (χ0v) is 13.9. The summed E-state index contributed by atoms with van der Waals surface area (Å²) in [6.45, 7) is 0. The van der Waals surface area contributed by atoms with Crippen molar-refractivity contribution in [3.05, 3.63) is 83.3 Å². The van der Waals surface area contributed by atoms with Crippen molar-refractivity contribution in [3.8, 4) is 0 Å². The minimum Gasteiger partial charge on any atom is -0.418 e. The Kier molecular flexibility index (Phi) is 6.32. The molecule has 1 unspecified atom stereocenters. The number of benzene rings is 2. The van der Waals surface area contributed by atoms with Crippen molar-refractivity contribution in [2.24, 2.45) is 0 Å². The van der Waals surface area contributed by atoms with Gasteiger partial charge in [0, 0.05) is 22.0 Å². The molecule has 1 aliphatic rings. The molecule has 1 heterocycles. The third-order valence-electron chi connectivity index (χ3n) is 3.29. The number of rotatable bonds is 2. The first-order valence-corrected chi connectivity index (χ1v) is 9.21. The van der Waals surface area contributed by atoms with E-state index in [-0.39, 0.29) is 0 Å². The van der Waals surface area contributed by atoms with Crippen LogP contribution in [0.1, 0.15) is 11.1 Å². The molecule has 0 N–H and O–H groups in total. The summed E-state index contributed by atoms with van der Waals surface area (Å²) in [5.41, 5.74) is 5.47. The molecular formula is C18H17BF4S. The van der Waals surface area contributed by atoms with Crippen molar-refractivity contribution < 1.29 is 17.3 Å². The Balaban J connectivity index is 0.000000368. The zero-order valence-electron chi connectivity index (χ0n) is 13.1. The highest BCUT2D eigenvalue weighted by Gasteiger charge is 2.21. The minimum absolute atomic E-state index is 0.318. The van der Waals surface area contributed by atoms with Crippen molar-refractivity contribution in [1.82, 2.24) is 0 Å². The van der Waals surface area contributed by atoms with Crippen LogP contribution in [0.25, 0.3) is 11.1 Å². The van der Waals surface area contributed by atoms with Crippen LogP contribution in [0.15, 0.2) is 72.1 Å². The molecule has 0 aliphatic carbocycles. The molecule has 0 bridgehead atoms. The lowest BCUT2D eigenvalue weighted by molar-refractivity contribution is 0.368. The molecule has 2 aromatic rings. The van der Waals surface area contributed by atoms with E-state index in [1.165, 1.54) is 22.3 Å². The lowest BCUT2D eigenvalue weighted by Gasteiger charge is -2.13. The lowest BCUT2D eigenvalue weighted by Crippen LogP contribution is -2.08. The molecular weight excluding hydrogens is 335 g/mol. The summed E-state index contributed by atoms with van der Waals surface area (Å²) >= 11 is 0. The van der Waals surface area contributed by atoms with Crippen molar-refractivity contribution in [2.45, 2.75) is 0 Å². The largest absolute Gasteiger partial charge is 0.673 e. The monoisotopic (exact) mass is 352 g/mol. The normalized spacial score (nSPS) is 17.3. The predicted molar refractivity (Wildman–Crippen MR) is 97.2 cm³/mol. The van der Waals surface area contributed by atoms with E-state index in [0.29, 0.717) is 10.9 Å². The second kappa shape index (κ2) is 8.24. The summed E-state index contributed by atoms with van der Waals surface area (Å²) < 4.78 is 39.0. The molecule has 1 aliphatic heterocycles. The van der Waals surface area contributed by atoms with Crippen LogP contribution in [0.5, 0.6) is 0 Å². The van der Waals surface area contributed by atoms with Crippen LogP contribution in [0.3, 0.4) is 0 Å². The highest BCUT2D eigenvalue weighted by Crippen LogP contribution is 2.29. The molecule has 0 radical (unpaired) electrons. The van der Waals surface area contributed by atoms with Crippen LogP contribution in [0.4, 0.5) is 17.3 Å². The lowest BCUT2D eigenvalue weighted by atomic mass is 10.0. The van der Waals surface area contributed by atoms with E-state index < -0.39 is 7.25 Å². The van der Waals surface area contributed by atoms with Gasteiger partial charge in [0.05, 0.1) is 0 Å². The van der Waals surface area contributed by atoms with E-state index in [0.717, 1.165) is 5.75 Å². The second-order valence-corrected chi connectivity index (χ2v) is 7.21. The molecule has 1 atom stereocenters. The van der Waals surface area contributed by atoms with E-state index in [1.807, 2.05) is 0 Å². The van der Waals surface area contributed by atoms with Crippen molar-refractivity contribution in [1.29, 1.82) is 0 Å². The van der Waals surface area contributed by atoms with Crippen molar-refractivity contribution in [2.75, 3.05) is 12.0 Å². The Morgan fingerprint density at radius 3 is 1.75 bits per heavy atom. The van der Waals surface area contributed by atoms with Crippen molar-refractivity contribution >= 4 is 29.3 Å². The van der Waals surface area contributed by atoms with Gasteiger partial charge < -0.3 is 17.3 Å². The average molecular weight is 352 g/mol. The Hall–Kier alpha value is -1.95. The molecule has 0 saturated heterocycles. The SMILES string of the molecule is C[S+]1C=C(c2ccccc2)C=C(c2ccccc2)C1.F[B-](F)(F)F. The molecule has 0 amide bonds. The fraction of sp³-hybridized carbons (Fsp3) is 0.111. The quantitative estimate of drug-likeness (QED) is 0.371. The molecule has 0 aromatic heterocycles. The van der Waals surface area contributed by atoms with E-state index in [2.05, 4.69) is 78.4 Å². The number of hydrogen-bond donors (Lipinski definition) is 0. The van der Waals surface area contributed by atoms with Crippen LogP contribution in [0.2, 0.25) is 0 Å². The first-order chi connectivity index (χ1) is 11.3. The first kappa shape index (κ1) is 18.4. The fourth-order valence-electron chi connectivity index (χ4n) is 2.37. The van der Waals surface area contributed by atoms with Gasteiger partial charge in [-0.15, -0.1) is 0 Å². The van der Waals surface area contributed by atoms with Gasteiger partial charge in [-0.05, 0) is 17.2 Å². The summed E-state index contributed by atoms with van der Waals surface area (Å²) in [7, 11) is -5.68. The molecule has 24 heavy (non-hydrogen) atoms. The van der Waals surface area contributed by atoms with Crippen LogP contribution >= 0.6 is 0 Å². The maximum Gasteiger partial charge on any atom is 0.673 e. The summed E-state index contributed by atoms with van der Waals surface area (Å²) in [6, 6.07) is 21.4. The molecule has 0 fully saturated rings. The summed E-state index contributed by atoms with van der Waals surface area (Å²) in [6.07, 6.45) is 4.66. The molecule has 0 saturated carbocycles. The van der Waals surface area contributed by atoms with Gasteiger partial charge in [0.1, 0.15) is 17.4 Å². The number of halogens is 4. The van der Waals surface area contributed by atoms with Crippen LogP contribution in [-0.4, -0.2) is 19.3 Å². The van der Waals surface area contributed by atoms with Crippen molar-refractivity contribution in [3.63, 3.8) is 0 Å². The average Bonchev–Trinajstić information content (AvgIpc) is 2.54. The summed E-state index contributed by atoms with van der Waals surface area (Å²) in [5.74, 6) is 1.15. The number of hydrogen-bond acceptors (Lipinski definition) is 0. The van der Waals surface area contributed by atoms with E-state index in [1.54, 1.807) is 0 Å². The highest BCUT2D eigenvalue weighted by molar-refractivity contribution is 7.99. The van der Waals surface area contributed by atoms with E-state index in [9.17, 15) is 17.3 Å². The van der Waals surface area contributed by atoms with Crippen LogP contribution < -0.4 is 0 Å². The summed E-state index contributed by atoms with van der Waals surface area (Å²) in [4.78, 5) is 0. The maximum atomic E-state index is 9.75. The molecule has 0 spiro atoms.